The number of carbonyl (C=O) groups is 1. The Kier molecular flexibility index (Phi) is 4.55. The largest absolute Gasteiger partial charge is 0.336 e. The summed E-state index contributed by atoms with van der Waals surface area (Å²) >= 11 is 3.40. The van der Waals surface area contributed by atoms with Crippen molar-refractivity contribution in [1.29, 1.82) is 0 Å². The molecule has 128 valence electrons. The smallest absolute Gasteiger partial charge is 0.253 e. The van der Waals surface area contributed by atoms with Crippen molar-refractivity contribution in [2.45, 2.75) is 6.54 Å². The van der Waals surface area contributed by atoms with Crippen molar-refractivity contribution in [2.75, 3.05) is 26.2 Å². The van der Waals surface area contributed by atoms with Crippen LogP contribution < -0.4 is 0 Å². The van der Waals surface area contributed by atoms with Gasteiger partial charge in [0.25, 0.3) is 5.91 Å². The van der Waals surface area contributed by atoms with Crippen LogP contribution in [0.2, 0.25) is 0 Å². The van der Waals surface area contributed by atoms with Crippen LogP contribution in [0.25, 0.3) is 10.9 Å². The first-order valence-electron chi connectivity index (χ1n) is 8.38. The maximum atomic E-state index is 12.6. The highest BCUT2D eigenvalue weighted by Gasteiger charge is 2.22. The highest BCUT2D eigenvalue weighted by Crippen LogP contribution is 2.17. The monoisotopic (exact) mass is 398 g/mol. The van der Waals surface area contributed by atoms with E-state index in [1.165, 1.54) is 5.56 Å². The third kappa shape index (κ3) is 3.60. The van der Waals surface area contributed by atoms with E-state index in [9.17, 15) is 4.79 Å². The summed E-state index contributed by atoms with van der Waals surface area (Å²) in [6.07, 6.45) is 1.84. The number of carbonyl (C=O) groups excluding carboxylic acids is 1. The number of nitrogens with one attached hydrogen (secondary N) is 1. The molecule has 25 heavy (non-hydrogen) atoms. The molecule has 1 aliphatic rings. The number of hydrogen-bond donors (Lipinski definition) is 1. The lowest BCUT2D eigenvalue weighted by Crippen LogP contribution is -2.48. The molecule has 4 rings (SSSR count). The van der Waals surface area contributed by atoms with Gasteiger partial charge in [-0.05, 0) is 35.9 Å². The average Bonchev–Trinajstić information content (AvgIpc) is 3.10. The molecule has 0 aliphatic carbocycles. The summed E-state index contributed by atoms with van der Waals surface area (Å²) in [5, 5.41) is 8.22. The van der Waals surface area contributed by atoms with Crippen molar-refractivity contribution in [3.05, 3.63) is 64.3 Å². The number of hydrogen-bond acceptors (Lipinski definition) is 3. The summed E-state index contributed by atoms with van der Waals surface area (Å²) in [4.78, 5) is 16.9. The molecule has 1 amide bonds. The molecule has 5 nitrogen and oxygen atoms in total. The molecule has 0 bridgehead atoms. The van der Waals surface area contributed by atoms with Gasteiger partial charge in [-0.3, -0.25) is 14.8 Å². The lowest BCUT2D eigenvalue weighted by atomic mass is 10.1. The molecule has 0 saturated carbocycles. The van der Waals surface area contributed by atoms with Gasteiger partial charge in [0.1, 0.15) is 0 Å². The van der Waals surface area contributed by atoms with Crippen LogP contribution in [-0.4, -0.2) is 52.1 Å². The predicted molar refractivity (Wildman–Crippen MR) is 101 cm³/mol. The second kappa shape index (κ2) is 6.98. The molecule has 0 atom stereocenters. The van der Waals surface area contributed by atoms with Crippen LogP contribution in [0, 0.1) is 0 Å². The minimum absolute atomic E-state index is 0.117. The number of piperazine rings is 1. The van der Waals surface area contributed by atoms with Crippen molar-refractivity contribution in [3.63, 3.8) is 0 Å². The van der Waals surface area contributed by atoms with Gasteiger partial charge in [-0.1, -0.05) is 28.1 Å². The molecule has 0 radical (unpaired) electrons. The molecule has 1 saturated heterocycles. The molecular weight excluding hydrogens is 380 g/mol. The van der Waals surface area contributed by atoms with Gasteiger partial charge in [-0.2, -0.15) is 5.10 Å². The van der Waals surface area contributed by atoms with Crippen molar-refractivity contribution in [3.8, 4) is 0 Å². The van der Waals surface area contributed by atoms with Crippen molar-refractivity contribution >= 4 is 32.7 Å². The van der Waals surface area contributed by atoms with Crippen LogP contribution in [0.15, 0.2) is 53.1 Å². The summed E-state index contributed by atoms with van der Waals surface area (Å²) in [5.41, 5.74) is 3.09. The first-order chi connectivity index (χ1) is 12.2. The Balaban J connectivity index is 1.36. The van der Waals surface area contributed by atoms with E-state index in [2.05, 4.69) is 49.2 Å². The predicted octanol–water partition coefficient (Wildman–Crippen LogP) is 3.28. The van der Waals surface area contributed by atoms with Crippen LogP contribution in [0.1, 0.15) is 15.9 Å². The zero-order chi connectivity index (χ0) is 17.2. The maximum Gasteiger partial charge on any atom is 0.253 e. The first kappa shape index (κ1) is 16.3. The molecule has 1 aliphatic heterocycles. The quantitative estimate of drug-likeness (QED) is 0.736. The highest BCUT2D eigenvalue weighted by atomic mass is 79.9. The van der Waals surface area contributed by atoms with Crippen molar-refractivity contribution < 1.29 is 4.79 Å². The van der Waals surface area contributed by atoms with Gasteiger partial charge < -0.3 is 4.90 Å². The highest BCUT2D eigenvalue weighted by molar-refractivity contribution is 9.10. The van der Waals surface area contributed by atoms with Gasteiger partial charge in [0.15, 0.2) is 0 Å². The Morgan fingerprint density at radius 2 is 1.84 bits per heavy atom. The maximum absolute atomic E-state index is 12.6. The van der Waals surface area contributed by atoms with Gasteiger partial charge in [-0.25, -0.2) is 0 Å². The molecule has 3 aromatic rings. The third-order valence-electron chi connectivity index (χ3n) is 4.66. The van der Waals surface area contributed by atoms with Crippen LogP contribution in [0.5, 0.6) is 0 Å². The third-order valence-corrected chi connectivity index (χ3v) is 5.19. The van der Waals surface area contributed by atoms with Gasteiger partial charge in [0.05, 0.1) is 11.7 Å². The Labute approximate surface area is 154 Å². The molecule has 2 heterocycles. The van der Waals surface area contributed by atoms with E-state index < -0.39 is 0 Å². The van der Waals surface area contributed by atoms with Crippen LogP contribution in [0.4, 0.5) is 0 Å². The van der Waals surface area contributed by atoms with Crippen LogP contribution in [0.3, 0.4) is 0 Å². The second-order valence-electron chi connectivity index (χ2n) is 6.37. The van der Waals surface area contributed by atoms with E-state index in [0.717, 1.165) is 53.7 Å². The first-order valence-corrected chi connectivity index (χ1v) is 9.17. The Bertz CT molecular complexity index is 882. The summed E-state index contributed by atoms with van der Waals surface area (Å²) in [6.45, 7) is 4.21. The number of aromatic amines is 1. The minimum Gasteiger partial charge on any atom is -0.336 e. The molecule has 1 aromatic heterocycles. The average molecular weight is 399 g/mol. The van der Waals surface area contributed by atoms with Gasteiger partial charge >= 0.3 is 0 Å². The number of rotatable bonds is 3. The number of nitrogens with zero attached hydrogens (tertiary/aromatic N) is 3. The topological polar surface area (TPSA) is 52.2 Å². The summed E-state index contributed by atoms with van der Waals surface area (Å²) in [5.74, 6) is 0.117. The van der Waals surface area contributed by atoms with E-state index >= 15 is 0 Å². The van der Waals surface area contributed by atoms with Gasteiger partial charge in [0, 0.05) is 48.1 Å². The zero-order valence-electron chi connectivity index (χ0n) is 13.8. The normalized spacial score (nSPS) is 15.6. The minimum atomic E-state index is 0.117. The van der Waals surface area contributed by atoms with Crippen LogP contribution in [-0.2, 0) is 6.54 Å². The number of benzene rings is 2. The summed E-state index contributed by atoms with van der Waals surface area (Å²) in [6, 6.07) is 14.0. The fourth-order valence-corrected chi connectivity index (χ4v) is 3.49. The SMILES string of the molecule is O=C(c1ccc(Br)cc1)N1CCN(Cc2ccc3cn[nH]c3c2)CC1. The van der Waals surface area contributed by atoms with E-state index in [4.69, 9.17) is 0 Å². The molecule has 1 fully saturated rings. The van der Waals surface area contributed by atoms with E-state index in [1.54, 1.807) is 0 Å². The number of H-pyrrole nitrogens is 1. The van der Waals surface area contributed by atoms with Crippen LogP contribution >= 0.6 is 15.9 Å². The Morgan fingerprint density at radius 3 is 2.60 bits per heavy atom. The molecule has 0 spiro atoms. The lowest BCUT2D eigenvalue weighted by molar-refractivity contribution is 0.0628. The molecule has 2 aromatic carbocycles. The number of amides is 1. The summed E-state index contributed by atoms with van der Waals surface area (Å²) < 4.78 is 0.989. The number of aromatic nitrogens is 2. The molecule has 1 N–H and O–H groups in total. The Morgan fingerprint density at radius 1 is 1.08 bits per heavy atom. The van der Waals surface area contributed by atoms with Gasteiger partial charge in [0.2, 0.25) is 0 Å². The second-order valence-corrected chi connectivity index (χ2v) is 7.28. The van der Waals surface area contributed by atoms with Crippen molar-refractivity contribution in [2.24, 2.45) is 0 Å². The van der Waals surface area contributed by atoms with Crippen molar-refractivity contribution in [1.82, 2.24) is 20.0 Å². The Hall–Kier alpha value is -2.18. The standard InChI is InChI=1S/C19H19BrN4O/c20-17-5-3-15(4-6-17)19(25)24-9-7-23(8-10-24)13-14-1-2-16-12-21-22-18(16)11-14/h1-6,11-12H,7-10,13H2,(H,21,22). The van der Waals surface area contributed by atoms with Gasteiger partial charge in [-0.15, -0.1) is 0 Å². The number of fused-ring (bicyclic) bond motifs is 1. The molecule has 0 unspecified atom stereocenters. The molecule has 6 heteroatoms. The lowest BCUT2D eigenvalue weighted by Gasteiger charge is -2.34. The summed E-state index contributed by atoms with van der Waals surface area (Å²) in [7, 11) is 0. The van der Waals surface area contributed by atoms with E-state index in [0.29, 0.717) is 0 Å². The zero-order valence-corrected chi connectivity index (χ0v) is 15.4. The van der Waals surface area contributed by atoms with E-state index in [1.807, 2.05) is 35.4 Å². The fraction of sp³-hybridized carbons (Fsp3) is 0.263. The number of halogens is 1. The fourth-order valence-electron chi connectivity index (χ4n) is 3.22. The van der Waals surface area contributed by atoms with E-state index in [-0.39, 0.29) is 5.91 Å². The molecular formula is C19H19BrN4O.